The highest BCUT2D eigenvalue weighted by atomic mass is 31.1. The Labute approximate surface area is 189 Å². The van der Waals surface area contributed by atoms with E-state index in [0.717, 1.165) is 15.9 Å². The molecule has 0 fully saturated rings. The Morgan fingerprint density at radius 1 is 0.719 bits per heavy atom. The summed E-state index contributed by atoms with van der Waals surface area (Å²) in [5.74, 6) is -1.12. The lowest BCUT2D eigenvalue weighted by Gasteiger charge is -2.23. The van der Waals surface area contributed by atoms with Gasteiger partial charge in [0.1, 0.15) is 5.69 Å². The molecule has 0 spiro atoms. The number of nitrogens with zero attached hydrogens (tertiary/aromatic N) is 1. The van der Waals surface area contributed by atoms with Crippen molar-refractivity contribution >= 4 is 35.4 Å². The average molecular weight is 437 g/mol. The normalized spacial score (nSPS) is 11.8. The fourth-order valence-electron chi connectivity index (χ4n) is 3.82. The van der Waals surface area contributed by atoms with E-state index >= 15 is 0 Å². The van der Waals surface area contributed by atoms with E-state index in [1.54, 1.807) is 24.4 Å². The molecule has 4 rings (SSSR count). The van der Waals surface area contributed by atoms with E-state index < -0.39 is 13.8 Å². The van der Waals surface area contributed by atoms with Gasteiger partial charge in [0.25, 0.3) is 0 Å². The van der Waals surface area contributed by atoms with Crippen molar-refractivity contribution < 1.29 is 9.59 Å². The number of aromatic nitrogens is 1. The zero-order valence-electron chi connectivity index (χ0n) is 17.9. The van der Waals surface area contributed by atoms with Gasteiger partial charge < -0.3 is 0 Å². The third-order valence-electron chi connectivity index (χ3n) is 5.40. The summed E-state index contributed by atoms with van der Waals surface area (Å²) in [5, 5.41) is 3.30. The predicted molar refractivity (Wildman–Crippen MR) is 132 cm³/mol. The first kappa shape index (κ1) is 21.8. The van der Waals surface area contributed by atoms with E-state index in [1.807, 2.05) is 67.6 Å². The molecule has 0 saturated carbocycles. The first-order chi connectivity index (χ1) is 15.7. The van der Waals surface area contributed by atoms with Crippen LogP contribution in [0.5, 0.6) is 0 Å². The standard InChI is InChI=1S/C28H24NO2P/c1-2-23(28(31)25-18-11-12-20-29-25)27(30)24-17-9-10-19-26(24)32(21-13-5-3-6-14-21)22-15-7-4-8-16-22/h3-20,23H,2H2,1H3. The van der Waals surface area contributed by atoms with Gasteiger partial charge in [0.15, 0.2) is 11.6 Å². The largest absolute Gasteiger partial charge is 0.293 e. The van der Waals surface area contributed by atoms with Crippen molar-refractivity contribution in [3.8, 4) is 0 Å². The van der Waals surface area contributed by atoms with E-state index in [2.05, 4.69) is 29.2 Å². The number of hydrogen-bond acceptors (Lipinski definition) is 3. The molecular weight excluding hydrogens is 413 g/mol. The van der Waals surface area contributed by atoms with E-state index in [0.29, 0.717) is 17.7 Å². The fraction of sp³-hybridized carbons (Fsp3) is 0.107. The molecule has 1 unspecified atom stereocenters. The van der Waals surface area contributed by atoms with Crippen molar-refractivity contribution in [2.75, 3.05) is 0 Å². The molecule has 0 bridgehead atoms. The van der Waals surface area contributed by atoms with Gasteiger partial charge in [-0.1, -0.05) is 97.9 Å². The summed E-state index contributed by atoms with van der Waals surface area (Å²) in [6.07, 6.45) is 2.01. The van der Waals surface area contributed by atoms with E-state index in [1.165, 1.54) is 0 Å². The van der Waals surface area contributed by atoms with Crippen molar-refractivity contribution in [2.45, 2.75) is 13.3 Å². The van der Waals surface area contributed by atoms with Gasteiger partial charge in [0.05, 0.1) is 5.92 Å². The molecule has 1 atom stereocenters. The second kappa shape index (κ2) is 10.3. The number of rotatable bonds is 8. The van der Waals surface area contributed by atoms with E-state index in [-0.39, 0.29) is 11.6 Å². The molecule has 1 aromatic heterocycles. The summed E-state index contributed by atoms with van der Waals surface area (Å²) in [6.45, 7) is 1.88. The molecule has 32 heavy (non-hydrogen) atoms. The van der Waals surface area contributed by atoms with Crippen molar-refractivity contribution in [3.05, 3.63) is 121 Å². The molecule has 0 radical (unpaired) electrons. The third-order valence-corrected chi connectivity index (χ3v) is 7.90. The maximum Gasteiger partial charge on any atom is 0.191 e. The van der Waals surface area contributed by atoms with Crippen LogP contribution in [0.25, 0.3) is 0 Å². The number of ketones is 2. The van der Waals surface area contributed by atoms with Gasteiger partial charge in [-0.15, -0.1) is 0 Å². The van der Waals surface area contributed by atoms with Crippen LogP contribution >= 0.6 is 7.92 Å². The van der Waals surface area contributed by atoms with Gasteiger partial charge in [-0.2, -0.15) is 0 Å². The molecule has 3 aromatic carbocycles. The Balaban J connectivity index is 1.80. The van der Waals surface area contributed by atoms with Crippen molar-refractivity contribution in [1.82, 2.24) is 4.98 Å². The van der Waals surface area contributed by atoms with E-state index in [4.69, 9.17) is 0 Å². The molecule has 4 heteroatoms. The van der Waals surface area contributed by atoms with Gasteiger partial charge >= 0.3 is 0 Å². The van der Waals surface area contributed by atoms with Crippen LogP contribution in [-0.2, 0) is 0 Å². The van der Waals surface area contributed by atoms with Gasteiger partial charge in [0.2, 0.25) is 0 Å². The molecule has 1 heterocycles. The Hall–Kier alpha value is -3.42. The summed E-state index contributed by atoms with van der Waals surface area (Å²) < 4.78 is 0. The maximum atomic E-state index is 13.7. The van der Waals surface area contributed by atoms with Crippen molar-refractivity contribution in [3.63, 3.8) is 0 Å². The molecule has 0 saturated heterocycles. The minimum absolute atomic E-state index is 0.141. The quantitative estimate of drug-likeness (QED) is 0.223. The summed E-state index contributed by atoms with van der Waals surface area (Å²) in [4.78, 5) is 31.1. The highest BCUT2D eigenvalue weighted by Crippen LogP contribution is 2.35. The van der Waals surface area contributed by atoms with Crippen LogP contribution in [0, 0.1) is 5.92 Å². The summed E-state index contributed by atoms with van der Waals surface area (Å²) in [5.41, 5.74) is 0.945. The van der Waals surface area contributed by atoms with Gasteiger partial charge in [-0.25, -0.2) is 0 Å². The van der Waals surface area contributed by atoms with Crippen LogP contribution in [0.4, 0.5) is 0 Å². The van der Waals surface area contributed by atoms with Gasteiger partial charge in [0, 0.05) is 11.8 Å². The summed E-state index contributed by atoms with van der Waals surface area (Å²) in [6, 6.07) is 33.5. The lowest BCUT2D eigenvalue weighted by Crippen LogP contribution is -2.31. The number of carbonyl (C=O) groups excluding carboxylic acids is 2. The zero-order chi connectivity index (χ0) is 22.3. The zero-order valence-corrected chi connectivity index (χ0v) is 18.8. The molecule has 0 aliphatic rings. The molecule has 158 valence electrons. The highest BCUT2D eigenvalue weighted by molar-refractivity contribution is 7.80. The van der Waals surface area contributed by atoms with Crippen molar-refractivity contribution in [2.24, 2.45) is 5.92 Å². The topological polar surface area (TPSA) is 47.0 Å². The van der Waals surface area contributed by atoms with Gasteiger partial charge in [-0.3, -0.25) is 14.6 Å². The lowest BCUT2D eigenvalue weighted by molar-refractivity contribution is 0.0801. The Bertz CT molecular complexity index is 1150. The third kappa shape index (κ3) is 4.59. The molecule has 0 aliphatic carbocycles. The van der Waals surface area contributed by atoms with Crippen LogP contribution in [0.1, 0.15) is 34.2 Å². The fourth-order valence-corrected chi connectivity index (χ4v) is 6.28. The smallest absolute Gasteiger partial charge is 0.191 e. The number of hydrogen-bond donors (Lipinski definition) is 0. The summed E-state index contributed by atoms with van der Waals surface area (Å²) in [7, 11) is -0.950. The Morgan fingerprint density at radius 3 is 1.84 bits per heavy atom. The van der Waals surface area contributed by atoms with Crippen LogP contribution in [0.2, 0.25) is 0 Å². The molecular formula is C28H24NO2P. The highest BCUT2D eigenvalue weighted by Gasteiger charge is 2.31. The minimum atomic E-state index is -0.950. The second-order valence-electron chi connectivity index (χ2n) is 7.43. The number of carbonyl (C=O) groups is 2. The monoisotopic (exact) mass is 437 g/mol. The Morgan fingerprint density at radius 2 is 1.28 bits per heavy atom. The minimum Gasteiger partial charge on any atom is -0.293 e. The SMILES string of the molecule is CCC(C(=O)c1ccccn1)C(=O)c1ccccc1P(c1ccccc1)c1ccccc1. The van der Waals surface area contributed by atoms with Crippen LogP contribution < -0.4 is 15.9 Å². The summed E-state index contributed by atoms with van der Waals surface area (Å²) >= 11 is 0. The van der Waals surface area contributed by atoms with E-state index in [9.17, 15) is 9.59 Å². The van der Waals surface area contributed by atoms with Crippen LogP contribution in [0.15, 0.2) is 109 Å². The molecule has 0 N–H and O–H groups in total. The molecule has 3 nitrogen and oxygen atoms in total. The number of pyridine rings is 1. The van der Waals surface area contributed by atoms with Gasteiger partial charge in [-0.05, 0) is 42.4 Å². The molecule has 4 aromatic rings. The Kier molecular flexibility index (Phi) is 6.99. The second-order valence-corrected chi connectivity index (χ2v) is 9.61. The van der Waals surface area contributed by atoms with Crippen LogP contribution in [-0.4, -0.2) is 16.6 Å². The molecule has 0 amide bonds. The first-order valence-electron chi connectivity index (χ1n) is 10.7. The van der Waals surface area contributed by atoms with Crippen molar-refractivity contribution in [1.29, 1.82) is 0 Å². The predicted octanol–water partition coefficient (Wildman–Crippen LogP) is 4.93. The molecule has 0 aliphatic heterocycles. The lowest BCUT2D eigenvalue weighted by atomic mass is 9.90. The average Bonchev–Trinajstić information content (AvgIpc) is 2.87. The van der Waals surface area contributed by atoms with Crippen LogP contribution in [0.3, 0.4) is 0 Å². The first-order valence-corrected chi connectivity index (χ1v) is 12.0. The number of benzene rings is 3. The maximum absolute atomic E-state index is 13.7. The number of Topliss-reactive ketones (excluding diaryl/α,β-unsaturated/α-hetero) is 2.